The summed E-state index contributed by atoms with van der Waals surface area (Å²) in [4.78, 5) is 2.39. The summed E-state index contributed by atoms with van der Waals surface area (Å²) in [5, 5.41) is 0. The summed E-state index contributed by atoms with van der Waals surface area (Å²) in [6.07, 6.45) is 4.95. The quantitative estimate of drug-likeness (QED) is 0.660. The van der Waals surface area contributed by atoms with Crippen molar-refractivity contribution in [2.45, 2.75) is 58.0 Å². The Morgan fingerprint density at radius 1 is 1.24 bits per heavy atom. The molecule has 1 aliphatic rings. The maximum absolute atomic E-state index is 6.02. The van der Waals surface area contributed by atoms with E-state index in [0.29, 0.717) is 0 Å². The molecule has 1 aromatic rings. The second-order valence-electron chi connectivity index (χ2n) is 7.14. The maximum Gasteiger partial charge on any atom is 0.0646 e. The molecule has 0 radical (unpaired) electrons. The first-order valence-electron chi connectivity index (χ1n) is 8.11. The fourth-order valence-electron chi connectivity index (χ4n) is 3.94. The third-order valence-electron chi connectivity index (χ3n) is 5.47. The standard InChI is InChI=1S/C18H31N3/c1-13-8-10-18(11-9-13,21(4)5)17(20-19)16-7-6-14(2)12-15(16)3/h6-7,12-13,17,20H,8-11,19H2,1-5H3. The Labute approximate surface area is 129 Å². The highest BCUT2D eigenvalue weighted by Crippen LogP contribution is 2.44. The summed E-state index contributed by atoms with van der Waals surface area (Å²) in [7, 11) is 4.40. The lowest BCUT2D eigenvalue weighted by Gasteiger charge is -2.50. The Morgan fingerprint density at radius 3 is 2.33 bits per heavy atom. The van der Waals surface area contributed by atoms with Gasteiger partial charge >= 0.3 is 0 Å². The molecule has 1 aliphatic carbocycles. The van der Waals surface area contributed by atoms with Gasteiger partial charge in [-0.1, -0.05) is 30.7 Å². The topological polar surface area (TPSA) is 41.3 Å². The molecule has 0 spiro atoms. The van der Waals surface area contributed by atoms with Gasteiger partial charge in [-0.15, -0.1) is 0 Å². The fraction of sp³-hybridized carbons (Fsp3) is 0.667. The van der Waals surface area contributed by atoms with Crippen molar-refractivity contribution in [3.63, 3.8) is 0 Å². The second kappa shape index (κ2) is 6.47. The van der Waals surface area contributed by atoms with Crippen molar-refractivity contribution in [2.75, 3.05) is 14.1 Å². The monoisotopic (exact) mass is 289 g/mol. The molecule has 1 saturated carbocycles. The lowest BCUT2D eigenvalue weighted by Crippen LogP contribution is -2.57. The van der Waals surface area contributed by atoms with Gasteiger partial charge in [0.2, 0.25) is 0 Å². The summed E-state index contributed by atoms with van der Waals surface area (Å²) < 4.78 is 0. The van der Waals surface area contributed by atoms with E-state index in [-0.39, 0.29) is 11.6 Å². The maximum atomic E-state index is 6.02. The van der Waals surface area contributed by atoms with Gasteiger partial charge in [0.1, 0.15) is 0 Å². The highest BCUT2D eigenvalue weighted by molar-refractivity contribution is 5.35. The number of rotatable bonds is 4. The average molecular weight is 289 g/mol. The van der Waals surface area contributed by atoms with E-state index >= 15 is 0 Å². The number of hydrazine groups is 1. The largest absolute Gasteiger partial charge is 0.302 e. The van der Waals surface area contributed by atoms with E-state index in [1.54, 1.807) is 0 Å². The van der Waals surface area contributed by atoms with Crippen LogP contribution in [0.1, 0.15) is 55.3 Å². The van der Waals surface area contributed by atoms with Crippen LogP contribution in [0, 0.1) is 19.8 Å². The number of nitrogens with one attached hydrogen (secondary N) is 1. The van der Waals surface area contributed by atoms with E-state index in [2.05, 4.69) is 63.4 Å². The van der Waals surface area contributed by atoms with E-state index in [1.165, 1.54) is 42.4 Å². The summed E-state index contributed by atoms with van der Waals surface area (Å²) in [5.41, 5.74) is 7.24. The summed E-state index contributed by atoms with van der Waals surface area (Å²) in [5.74, 6) is 6.85. The molecule has 1 unspecified atom stereocenters. The first-order chi connectivity index (χ1) is 9.90. The van der Waals surface area contributed by atoms with Crippen LogP contribution in [0.25, 0.3) is 0 Å². The van der Waals surface area contributed by atoms with Crippen molar-refractivity contribution in [2.24, 2.45) is 11.8 Å². The number of nitrogens with two attached hydrogens (primary N) is 1. The number of hydrogen-bond donors (Lipinski definition) is 2. The Kier molecular flexibility index (Phi) is 5.07. The summed E-state index contributed by atoms with van der Waals surface area (Å²) in [6, 6.07) is 6.88. The fourth-order valence-corrected chi connectivity index (χ4v) is 3.94. The van der Waals surface area contributed by atoms with Gasteiger partial charge in [-0.2, -0.15) is 0 Å². The number of nitrogens with zero attached hydrogens (tertiary/aromatic N) is 1. The van der Waals surface area contributed by atoms with Crippen LogP contribution in [-0.2, 0) is 0 Å². The van der Waals surface area contributed by atoms with Gasteiger partial charge in [-0.05, 0) is 70.7 Å². The highest BCUT2D eigenvalue weighted by Gasteiger charge is 2.43. The van der Waals surface area contributed by atoms with E-state index in [0.717, 1.165) is 5.92 Å². The van der Waals surface area contributed by atoms with E-state index < -0.39 is 0 Å². The molecule has 1 atom stereocenters. The summed E-state index contributed by atoms with van der Waals surface area (Å²) >= 11 is 0. The van der Waals surface area contributed by atoms with Crippen LogP contribution >= 0.6 is 0 Å². The van der Waals surface area contributed by atoms with Crippen LogP contribution < -0.4 is 11.3 Å². The molecule has 0 heterocycles. The van der Waals surface area contributed by atoms with Crippen molar-refractivity contribution in [1.82, 2.24) is 10.3 Å². The molecule has 118 valence electrons. The summed E-state index contributed by atoms with van der Waals surface area (Å²) in [6.45, 7) is 6.70. The van der Waals surface area contributed by atoms with Gasteiger partial charge < -0.3 is 4.90 Å². The molecular weight excluding hydrogens is 258 g/mol. The van der Waals surface area contributed by atoms with Gasteiger partial charge in [-0.25, -0.2) is 0 Å². The molecule has 0 bridgehead atoms. The first-order valence-corrected chi connectivity index (χ1v) is 8.11. The molecule has 0 amide bonds. The number of hydrogen-bond acceptors (Lipinski definition) is 3. The normalized spacial score (nSPS) is 27.9. The van der Waals surface area contributed by atoms with Gasteiger partial charge in [0.25, 0.3) is 0 Å². The second-order valence-corrected chi connectivity index (χ2v) is 7.14. The molecule has 2 rings (SSSR count). The molecule has 3 heteroatoms. The van der Waals surface area contributed by atoms with Crippen molar-refractivity contribution in [1.29, 1.82) is 0 Å². The molecular formula is C18H31N3. The van der Waals surface area contributed by atoms with Crippen molar-refractivity contribution in [3.8, 4) is 0 Å². The predicted molar refractivity (Wildman–Crippen MR) is 90.0 cm³/mol. The minimum absolute atomic E-state index is 0.112. The van der Waals surface area contributed by atoms with Gasteiger partial charge in [0.05, 0.1) is 6.04 Å². The molecule has 0 aromatic heterocycles. The zero-order valence-corrected chi connectivity index (χ0v) is 14.2. The van der Waals surface area contributed by atoms with Crippen LogP contribution in [0.4, 0.5) is 0 Å². The van der Waals surface area contributed by atoms with Crippen LogP contribution in [-0.4, -0.2) is 24.5 Å². The van der Waals surface area contributed by atoms with Gasteiger partial charge in [0.15, 0.2) is 0 Å². The molecule has 0 saturated heterocycles. The Bertz CT molecular complexity index is 473. The predicted octanol–water partition coefficient (Wildman–Crippen LogP) is 3.32. The van der Waals surface area contributed by atoms with E-state index in [4.69, 9.17) is 5.84 Å². The number of benzene rings is 1. The zero-order chi connectivity index (χ0) is 15.6. The van der Waals surface area contributed by atoms with E-state index in [9.17, 15) is 0 Å². The Morgan fingerprint density at radius 2 is 1.86 bits per heavy atom. The number of aryl methyl sites for hydroxylation is 2. The van der Waals surface area contributed by atoms with Crippen molar-refractivity contribution >= 4 is 0 Å². The Balaban J connectivity index is 2.41. The third-order valence-corrected chi connectivity index (χ3v) is 5.47. The van der Waals surface area contributed by atoms with Crippen LogP contribution in [0.3, 0.4) is 0 Å². The van der Waals surface area contributed by atoms with Crippen LogP contribution in [0.2, 0.25) is 0 Å². The minimum Gasteiger partial charge on any atom is -0.302 e. The lowest BCUT2D eigenvalue weighted by atomic mass is 9.70. The molecule has 0 aliphatic heterocycles. The lowest BCUT2D eigenvalue weighted by molar-refractivity contribution is 0.0426. The van der Waals surface area contributed by atoms with Crippen molar-refractivity contribution < 1.29 is 0 Å². The average Bonchev–Trinajstić information content (AvgIpc) is 2.43. The Hall–Kier alpha value is -0.900. The smallest absolute Gasteiger partial charge is 0.0646 e. The molecule has 3 N–H and O–H groups in total. The highest BCUT2D eigenvalue weighted by atomic mass is 15.3. The molecule has 1 fully saturated rings. The zero-order valence-electron chi connectivity index (χ0n) is 14.2. The minimum atomic E-state index is 0.112. The third kappa shape index (κ3) is 3.15. The molecule has 1 aromatic carbocycles. The van der Waals surface area contributed by atoms with Gasteiger partial charge in [0, 0.05) is 5.54 Å². The van der Waals surface area contributed by atoms with Crippen LogP contribution in [0.5, 0.6) is 0 Å². The van der Waals surface area contributed by atoms with E-state index in [1.807, 2.05) is 0 Å². The van der Waals surface area contributed by atoms with Crippen molar-refractivity contribution in [3.05, 3.63) is 34.9 Å². The van der Waals surface area contributed by atoms with Gasteiger partial charge in [-0.3, -0.25) is 11.3 Å². The first kappa shape index (κ1) is 16.5. The molecule has 3 nitrogen and oxygen atoms in total. The van der Waals surface area contributed by atoms with Crippen LogP contribution in [0.15, 0.2) is 18.2 Å². The number of likely N-dealkylation sites (N-methyl/N-ethyl adjacent to an activating group) is 1. The molecule has 21 heavy (non-hydrogen) atoms. The SMILES string of the molecule is Cc1ccc(C(NN)C2(N(C)C)CCC(C)CC2)c(C)c1.